The van der Waals surface area contributed by atoms with Crippen molar-refractivity contribution in [3.05, 3.63) is 87.9 Å². The number of halogens is 2. The highest BCUT2D eigenvalue weighted by Crippen LogP contribution is 2.32. The maximum atomic E-state index is 14.0. The van der Waals surface area contributed by atoms with Crippen LogP contribution in [0.4, 0.5) is 5.69 Å². The zero-order chi connectivity index (χ0) is 29.4. The summed E-state index contributed by atoms with van der Waals surface area (Å²) in [6.45, 7) is 5.01. The highest BCUT2D eigenvalue weighted by atomic mass is 79.9. The Kier molecular flexibility index (Phi) is 11.0. The monoisotopic (exact) mass is 649 g/mol. The van der Waals surface area contributed by atoms with Gasteiger partial charge in [0.2, 0.25) is 11.8 Å². The number of nitrogens with one attached hydrogen (secondary N) is 1. The summed E-state index contributed by atoms with van der Waals surface area (Å²) >= 11 is 9.75. The van der Waals surface area contributed by atoms with Gasteiger partial charge in [-0.1, -0.05) is 64.8 Å². The van der Waals surface area contributed by atoms with Crippen LogP contribution in [0.15, 0.2) is 82.2 Å². The van der Waals surface area contributed by atoms with Gasteiger partial charge in [-0.15, -0.1) is 0 Å². The summed E-state index contributed by atoms with van der Waals surface area (Å²) in [5.74, 6) is -0.521. The van der Waals surface area contributed by atoms with E-state index in [1.165, 1.54) is 42.3 Å². The molecule has 40 heavy (non-hydrogen) atoms. The van der Waals surface area contributed by atoms with Crippen molar-refractivity contribution in [1.82, 2.24) is 10.2 Å². The molecule has 2 amide bonds. The summed E-state index contributed by atoms with van der Waals surface area (Å²) in [5, 5.41) is 3.11. The van der Waals surface area contributed by atoms with Crippen LogP contribution >= 0.6 is 27.5 Å². The van der Waals surface area contributed by atoms with Gasteiger partial charge < -0.3 is 15.0 Å². The highest BCUT2D eigenvalue weighted by Gasteiger charge is 2.33. The van der Waals surface area contributed by atoms with E-state index in [1.54, 1.807) is 25.1 Å². The molecule has 3 aromatic rings. The Balaban J connectivity index is 2.04. The van der Waals surface area contributed by atoms with E-state index in [0.717, 1.165) is 20.8 Å². The molecule has 0 aliphatic rings. The largest absolute Gasteiger partial charge is 0.495 e. The minimum absolute atomic E-state index is 0.0109. The third-order valence-electron chi connectivity index (χ3n) is 6.47. The lowest BCUT2D eigenvalue weighted by Crippen LogP contribution is -2.52. The van der Waals surface area contributed by atoms with Gasteiger partial charge in [0.1, 0.15) is 18.3 Å². The maximum Gasteiger partial charge on any atom is 0.264 e. The number of hydrogen-bond donors (Lipinski definition) is 1. The number of ether oxygens (including phenoxy) is 1. The van der Waals surface area contributed by atoms with Crippen molar-refractivity contribution in [2.45, 2.75) is 50.7 Å². The summed E-state index contributed by atoms with van der Waals surface area (Å²) in [4.78, 5) is 28.5. The second-order valence-electron chi connectivity index (χ2n) is 9.29. The van der Waals surface area contributed by atoms with Crippen LogP contribution in [0, 0.1) is 0 Å². The molecule has 3 aromatic carbocycles. The van der Waals surface area contributed by atoms with Gasteiger partial charge in [0.05, 0.1) is 22.7 Å². The number of nitrogens with zero attached hydrogens (tertiary/aromatic N) is 2. The second-order valence-corrected chi connectivity index (χ2v) is 12.5. The minimum atomic E-state index is -4.19. The molecule has 0 unspecified atom stereocenters. The van der Waals surface area contributed by atoms with Crippen LogP contribution in [0.2, 0.25) is 5.02 Å². The van der Waals surface area contributed by atoms with Crippen LogP contribution in [-0.4, -0.2) is 50.9 Å². The fourth-order valence-electron chi connectivity index (χ4n) is 3.89. The third-order valence-corrected chi connectivity index (χ3v) is 9.08. The fraction of sp³-hybridized carbons (Fsp3) is 0.310. The first kappa shape index (κ1) is 31.4. The number of anilines is 1. The standard InChI is InChI=1S/C29H33BrClN3O5S/c1-5-20(2)32-29(36)21(3)33(18-22-11-13-23(30)14-12-22)28(35)19-34(24-15-16-27(39-4)26(31)17-24)40(37,38)25-9-7-6-8-10-25/h6-17,20-21H,5,18-19H2,1-4H3,(H,32,36)/t20-,21-/m1/s1. The Hall–Kier alpha value is -3.08. The number of carbonyl (C=O) groups excluding carboxylic acids is 2. The molecular weight excluding hydrogens is 618 g/mol. The molecule has 0 fully saturated rings. The summed E-state index contributed by atoms with van der Waals surface area (Å²) in [5.41, 5.74) is 0.966. The Labute approximate surface area is 249 Å². The number of amides is 2. The molecule has 1 N–H and O–H groups in total. The lowest BCUT2D eigenvalue weighted by atomic mass is 10.1. The van der Waals surface area contributed by atoms with Gasteiger partial charge in [-0.3, -0.25) is 13.9 Å². The Morgan fingerprint density at radius 1 is 1.02 bits per heavy atom. The molecule has 0 aliphatic carbocycles. The van der Waals surface area contributed by atoms with E-state index >= 15 is 0 Å². The van der Waals surface area contributed by atoms with E-state index in [9.17, 15) is 18.0 Å². The SMILES string of the molecule is CC[C@@H](C)NC(=O)[C@@H](C)N(Cc1ccc(Br)cc1)C(=O)CN(c1ccc(OC)c(Cl)c1)S(=O)(=O)c1ccccc1. The van der Waals surface area contributed by atoms with Gasteiger partial charge in [-0.05, 0) is 68.3 Å². The van der Waals surface area contributed by atoms with Crippen LogP contribution < -0.4 is 14.4 Å². The zero-order valence-electron chi connectivity index (χ0n) is 22.8. The van der Waals surface area contributed by atoms with Crippen LogP contribution in [0.3, 0.4) is 0 Å². The smallest absolute Gasteiger partial charge is 0.264 e. The van der Waals surface area contributed by atoms with Crippen LogP contribution in [0.5, 0.6) is 5.75 Å². The van der Waals surface area contributed by atoms with Crippen molar-refractivity contribution in [1.29, 1.82) is 0 Å². The van der Waals surface area contributed by atoms with E-state index in [-0.39, 0.29) is 34.1 Å². The maximum absolute atomic E-state index is 14.0. The van der Waals surface area contributed by atoms with E-state index in [0.29, 0.717) is 5.75 Å². The molecule has 0 heterocycles. The van der Waals surface area contributed by atoms with Crippen molar-refractivity contribution in [2.75, 3.05) is 18.0 Å². The molecule has 0 saturated heterocycles. The molecule has 0 spiro atoms. The van der Waals surface area contributed by atoms with Crippen molar-refractivity contribution < 1.29 is 22.7 Å². The summed E-state index contributed by atoms with van der Waals surface area (Å²) < 4.78 is 34.8. The third kappa shape index (κ3) is 7.77. The van der Waals surface area contributed by atoms with E-state index in [1.807, 2.05) is 38.1 Å². The number of benzene rings is 3. The molecule has 8 nitrogen and oxygen atoms in total. The van der Waals surface area contributed by atoms with Crippen LogP contribution in [0.1, 0.15) is 32.8 Å². The van der Waals surface area contributed by atoms with Gasteiger partial charge in [0.15, 0.2) is 0 Å². The summed E-state index contributed by atoms with van der Waals surface area (Å²) in [6, 6.07) is 18.7. The number of sulfonamides is 1. The molecule has 0 radical (unpaired) electrons. The highest BCUT2D eigenvalue weighted by molar-refractivity contribution is 9.10. The summed E-state index contributed by atoms with van der Waals surface area (Å²) in [7, 11) is -2.73. The second kappa shape index (κ2) is 14.0. The zero-order valence-corrected chi connectivity index (χ0v) is 26.0. The molecule has 0 aliphatic heterocycles. The first-order valence-corrected chi connectivity index (χ1v) is 15.3. The normalized spacial score (nSPS) is 12.8. The first-order valence-electron chi connectivity index (χ1n) is 12.7. The molecule has 0 bridgehead atoms. The van der Waals surface area contributed by atoms with Crippen LogP contribution in [0.25, 0.3) is 0 Å². The quantitative estimate of drug-likeness (QED) is 0.274. The van der Waals surface area contributed by atoms with Crippen molar-refractivity contribution >= 4 is 55.1 Å². The van der Waals surface area contributed by atoms with E-state index in [2.05, 4.69) is 21.2 Å². The van der Waals surface area contributed by atoms with Crippen molar-refractivity contribution in [2.24, 2.45) is 0 Å². The number of methoxy groups -OCH3 is 1. The van der Waals surface area contributed by atoms with Crippen LogP contribution in [-0.2, 0) is 26.2 Å². The molecule has 214 valence electrons. The van der Waals surface area contributed by atoms with Gasteiger partial charge in [0, 0.05) is 17.1 Å². The molecule has 0 saturated carbocycles. The van der Waals surface area contributed by atoms with Gasteiger partial charge >= 0.3 is 0 Å². The Bertz CT molecular complexity index is 1420. The number of hydrogen-bond acceptors (Lipinski definition) is 5. The predicted molar refractivity (Wildman–Crippen MR) is 161 cm³/mol. The minimum Gasteiger partial charge on any atom is -0.495 e. The molecule has 2 atom stereocenters. The number of rotatable bonds is 12. The average molecular weight is 651 g/mol. The van der Waals surface area contributed by atoms with E-state index in [4.69, 9.17) is 16.3 Å². The lowest BCUT2D eigenvalue weighted by Gasteiger charge is -2.32. The predicted octanol–water partition coefficient (Wildman–Crippen LogP) is 5.64. The van der Waals surface area contributed by atoms with E-state index < -0.39 is 28.5 Å². The Morgan fingerprint density at radius 3 is 2.25 bits per heavy atom. The van der Waals surface area contributed by atoms with Gasteiger partial charge in [0.25, 0.3) is 10.0 Å². The lowest BCUT2D eigenvalue weighted by molar-refractivity contribution is -0.139. The first-order chi connectivity index (χ1) is 19.0. The van der Waals surface area contributed by atoms with Gasteiger partial charge in [-0.2, -0.15) is 0 Å². The fourth-order valence-corrected chi connectivity index (χ4v) is 5.84. The molecule has 11 heteroatoms. The van der Waals surface area contributed by atoms with Crippen molar-refractivity contribution in [3.8, 4) is 5.75 Å². The molecular formula is C29H33BrClN3O5S. The topological polar surface area (TPSA) is 96.0 Å². The molecule has 3 rings (SSSR count). The van der Waals surface area contributed by atoms with Gasteiger partial charge in [-0.25, -0.2) is 8.42 Å². The summed E-state index contributed by atoms with van der Waals surface area (Å²) in [6.07, 6.45) is 0.723. The molecule has 0 aromatic heterocycles. The Morgan fingerprint density at radius 2 is 1.68 bits per heavy atom. The van der Waals surface area contributed by atoms with Crippen molar-refractivity contribution in [3.63, 3.8) is 0 Å². The number of carbonyl (C=O) groups is 2. The average Bonchev–Trinajstić information content (AvgIpc) is 2.95.